The standard InChI is InChI=1S/C15H20BrNO3/c1-11(18)12-3-4-14(13(16)9-12)17(2)10-15(19)5-7-20-8-6-15/h3-4,9,19H,5-8,10H2,1-2H3. The van der Waals surface area contributed by atoms with Crippen LogP contribution in [-0.2, 0) is 4.74 Å². The molecule has 1 heterocycles. The number of aliphatic hydroxyl groups is 1. The normalized spacial score (nSPS) is 17.8. The van der Waals surface area contributed by atoms with Gasteiger partial charge in [-0.25, -0.2) is 0 Å². The third-order valence-electron chi connectivity index (χ3n) is 3.72. The Bertz CT molecular complexity index is 498. The molecule has 1 saturated heterocycles. The van der Waals surface area contributed by atoms with Crippen molar-refractivity contribution in [3.63, 3.8) is 0 Å². The van der Waals surface area contributed by atoms with Gasteiger partial charge in [0, 0.05) is 49.7 Å². The number of hydrogen-bond acceptors (Lipinski definition) is 4. The number of ether oxygens (including phenoxy) is 1. The number of carbonyl (C=O) groups excluding carboxylic acids is 1. The van der Waals surface area contributed by atoms with Crippen molar-refractivity contribution in [2.45, 2.75) is 25.4 Å². The maximum Gasteiger partial charge on any atom is 0.159 e. The van der Waals surface area contributed by atoms with E-state index in [1.165, 1.54) is 0 Å². The second-order valence-corrected chi connectivity index (χ2v) is 6.27. The monoisotopic (exact) mass is 341 g/mol. The van der Waals surface area contributed by atoms with Crippen molar-refractivity contribution in [2.24, 2.45) is 0 Å². The van der Waals surface area contributed by atoms with Gasteiger partial charge in [-0.3, -0.25) is 4.79 Å². The molecule has 110 valence electrons. The zero-order valence-electron chi connectivity index (χ0n) is 11.9. The summed E-state index contributed by atoms with van der Waals surface area (Å²) in [5.41, 5.74) is 0.944. The lowest BCUT2D eigenvalue weighted by Crippen LogP contribution is -2.45. The highest BCUT2D eigenvalue weighted by atomic mass is 79.9. The van der Waals surface area contributed by atoms with Crippen molar-refractivity contribution in [2.75, 3.05) is 31.7 Å². The molecule has 1 aliphatic heterocycles. The van der Waals surface area contributed by atoms with Gasteiger partial charge in [-0.15, -0.1) is 0 Å². The summed E-state index contributed by atoms with van der Waals surface area (Å²) in [6.45, 7) is 3.31. The summed E-state index contributed by atoms with van der Waals surface area (Å²) in [7, 11) is 1.95. The van der Waals surface area contributed by atoms with Gasteiger partial charge in [0.05, 0.1) is 11.3 Å². The van der Waals surface area contributed by atoms with E-state index >= 15 is 0 Å². The Morgan fingerprint density at radius 3 is 2.65 bits per heavy atom. The Hall–Kier alpha value is -0.910. The summed E-state index contributed by atoms with van der Waals surface area (Å²) >= 11 is 3.50. The Kier molecular flexibility index (Phi) is 4.83. The number of nitrogens with zero attached hydrogens (tertiary/aromatic N) is 1. The summed E-state index contributed by atoms with van der Waals surface area (Å²) in [5, 5.41) is 10.5. The molecule has 4 nitrogen and oxygen atoms in total. The molecule has 0 spiro atoms. The van der Waals surface area contributed by atoms with Gasteiger partial charge < -0.3 is 14.7 Å². The highest BCUT2D eigenvalue weighted by Crippen LogP contribution is 2.30. The largest absolute Gasteiger partial charge is 0.388 e. The van der Waals surface area contributed by atoms with E-state index in [2.05, 4.69) is 15.9 Å². The summed E-state index contributed by atoms with van der Waals surface area (Å²) in [5.74, 6) is 0.0444. The fraction of sp³-hybridized carbons (Fsp3) is 0.533. The van der Waals surface area contributed by atoms with Gasteiger partial charge in [0.15, 0.2) is 5.78 Å². The number of ketones is 1. The molecule has 1 fully saturated rings. The van der Waals surface area contributed by atoms with Gasteiger partial charge in [0.1, 0.15) is 0 Å². The van der Waals surface area contributed by atoms with Crippen LogP contribution >= 0.6 is 15.9 Å². The lowest BCUT2D eigenvalue weighted by molar-refractivity contribution is -0.0572. The van der Waals surface area contributed by atoms with Crippen molar-refractivity contribution >= 4 is 27.4 Å². The van der Waals surface area contributed by atoms with Crippen molar-refractivity contribution in [1.29, 1.82) is 0 Å². The quantitative estimate of drug-likeness (QED) is 0.855. The Morgan fingerprint density at radius 1 is 1.45 bits per heavy atom. The highest BCUT2D eigenvalue weighted by molar-refractivity contribution is 9.10. The summed E-state index contributed by atoms with van der Waals surface area (Å²) in [4.78, 5) is 13.4. The van der Waals surface area contributed by atoms with Gasteiger partial charge in [-0.05, 0) is 41.1 Å². The lowest BCUT2D eigenvalue weighted by Gasteiger charge is -2.36. The molecule has 20 heavy (non-hydrogen) atoms. The number of carbonyl (C=O) groups is 1. The zero-order valence-corrected chi connectivity index (χ0v) is 13.4. The van der Waals surface area contributed by atoms with Gasteiger partial charge >= 0.3 is 0 Å². The molecule has 0 bridgehead atoms. The van der Waals surface area contributed by atoms with Crippen LogP contribution in [0.2, 0.25) is 0 Å². The van der Waals surface area contributed by atoms with Crippen LogP contribution in [0.5, 0.6) is 0 Å². The number of anilines is 1. The topological polar surface area (TPSA) is 49.8 Å². The van der Waals surface area contributed by atoms with Crippen LogP contribution in [0.1, 0.15) is 30.1 Å². The molecular formula is C15H20BrNO3. The zero-order chi connectivity index (χ0) is 14.8. The molecule has 5 heteroatoms. The molecule has 0 aliphatic carbocycles. The minimum atomic E-state index is -0.703. The van der Waals surface area contributed by atoms with Crippen LogP contribution in [0.15, 0.2) is 22.7 Å². The third kappa shape index (κ3) is 3.59. The number of halogens is 1. The van der Waals surface area contributed by atoms with Crippen molar-refractivity contribution in [3.8, 4) is 0 Å². The van der Waals surface area contributed by atoms with Crippen molar-refractivity contribution in [3.05, 3.63) is 28.2 Å². The van der Waals surface area contributed by atoms with E-state index in [-0.39, 0.29) is 5.78 Å². The van der Waals surface area contributed by atoms with Crippen LogP contribution in [0.25, 0.3) is 0 Å². The van der Waals surface area contributed by atoms with Crippen LogP contribution < -0.4 is 4.90 Å². The fourth-order valence-corrected chi connectivity index (χ4v) is 3.15. The van der Waals surface area contributed by atoms with Crippen LogP contribution in [0.4, 0.5) is 5.69 Å². The Morgan fingerprint density at radius 2 is 2.10 bits per heavy atom. The first-order chi connectivity index (χ1) is 9.41. The number of hydrogen-bond donors (Lipinski definition) is 1. The molecule has 0 atom stereocenters. The first-order valence-corrected chi connectivity index (χ1v) is 7.52. The van der Waals surface area contributed by atoms with E-state index in [0.29, 0.717) is 38.2 Å². The van der Waals surface area contributed by atoms with Gasteiger partial charge in [-0.2, -0.15) is 0 Å². The first kappa shape index (κ1) is 15.5. The third-order valence-corrected chi connectivity index (χ3v) is 4.36. The molecular weight excluding hydrogens is 322 g/mol. The molecule has 0 amide bonds. The molecule has 0 unspecified atom stereocenters. The van der Waals surface area contributed by atoms with E-state index in [9.17, 15) is 9.90 Å². The molecule has 1 aromatic carbocycles. The van der Waals surface area contributed by atoms with E-state index in [4.69, 9.17) is 4.74 Å². The van der Waals surface area contributed by atoms with Crippen LogP contribution in [-0.4, -0.2) is 43.3 Å². The molecule has 1 N–H and O–H groups in total. The minimum absolute atomic E-state index is 0.0444. The van der Waals surface area contributed by atoms with Crippen molar-refractivity contribution in [1.82, 2.24) is 0 Å². The average Bonchev–Trinajstić information content (AvgIpc) is 2.38. The van der Waals surface area contributed by atoms with E-state index in [1.807, 2.05) is 30.1 Å². The number of benzene rings is 1. The van der Waals surface area contributed by atoms with E-state index < -0.39 is 5.60 Å². The predicted octanol–water partition coefficient (Wildman–Crippen LogP) is 2.63. The highest BCUT2D eigenvalue weighted by Gasteiger charge is 2.31. The fourth-order valence-electron chi connectivity index (χ4n) is 2.47. The second-order valence-electron chi connectivity index (χ2n) is 5.42. The molecule has 1 aliphatic rings. The maximum atomic E-state index is 11.4. The Balaban J connectivity index is 2.12. The lowest BCUT2D eigenvalue weighted by atomic mass is 9.93. The van der Waals surface area contributed by atoms with E-state index in [1.54, 1.807) is 6.92 Å². The number of rotatable bonds is 4. The van der Waals surface area contributed by atoms with E-state index in [0.717, 1.165) is 10.2 Å². The summed E-state index contributed by atoms with van der Waals surface area (Å²) in [6, 6.07) is 5.54. The molecule has 0 radical (unpaired) electrons. The number of likely N-dealkylation sites (N-methyl/N-ethyl adjacent to an activating group) is 1. The summed E-state index contributed by atoms with van der Waals surface area (Å²) in [6.07, 6.45) is 1.31. The first-order valence-electron chi connectivity index (χ1n) is 6.73. The predicted molar refractivity (Wildman–Crippen MR) is 82.4 cm³/mol. The van der Waals surface area contributed by atoms with Gasteiger partial charge in [-0.1, -0.05) is 0 Å². The SMILES string of the molecule is CC(=O)c1ccc(N(C)CC2(O)CCOCC2)c(Br)c1. The molecule has 0 saturated carbocycles. The van der Waals surface area contributed by atoms with Crippen molar-refractivity contribution < 1.29 is 14.6 Å². The summed E-state index contributed by atoms with van der Waals surface area (Å²) < 4.78 is 6.16. The Labute approximate surface area is 127 Å². The number of Topliss-reactive ketones (excluding diaryl/α,β-unsaturated/α-hetero) is 1. The molecule has 0 aromatic heterocycles. The van der Waals surface area contributed by atoms with Gasteiger partial charge in [0.2, 0.25) is 0 Å². The molecule has 1 aromatic rings. The minimum Gasteiger partial charge on any atom is -0.388 e. The van der Waals surface area contributed by atoms with Crippen LogP contribution in [0, 0.1) is 0 Å². The van der Waals surface area contributed by atoms with Gasteiger partial charge in [0.25, 0.3) is 0 Å². The smallest absolute Gasteiger partial charge is 0.159 e. The molecule has 2 rings (SSSR count). The second kappa shape index (κ2) is 6.24. The average molecular weight is 342 g/mol. The maximum absolute atomic E-state index is 11.4. The van der Waals surface area contributed by atoms with Crippen LogP contribution in [0.3, 0.4) is 0 Å².